The molecule has 0 fully saturated rings. The molecule has 1 atom stereocenters. The second-order valence-electron chi connectivity index (χ2n) is 12.0. The van der Waals surface area contributed by atoms with E-state index >= 15 is 0 Å². The van der Waals surface area contributed by atoms with Gasteiger partial charge in [-0.05, 0) is 96.1 Å². The van der Waals surface area contributed by atoms with Crippen molar-refractivity contribution >= 4 is 58.0 Å². The van der Waals surface area contributed by atoms with Crippen LogP contribution in [0.25, 0.3) is 88.0 Å². The Bertz CT molecular complexity index is 2610. The summed E-state index contributed by atoms with van der Waals surface area (Å²) in [5.74, 6) is 0. The molecule has 0 saturated heterocycles. The Hall–Kier alpha value is -5.49. The van der Waals surface area contributed by atoms with Gasteiger partial charge in [0.15, 0.2) is 0 Å². The molecule has 1 unspecified atom stereocenters. The topological polar surface area (TPSA) is 13.1 Å². The maximum absolute atomic E-state index is 6.36. The van der Waals surface area contributed by atoms with Crippen LogP contribution < -0.4 is 5.30 Å². The quantitative estimate of drug-likeness (QED) is 0.144. The zero-order chi connectivity index (χ0) is 30.6. The van der Waals surface area contributed by atoms with Crippen molar-refractivity contribution in [1.82, 2.24) is 0 Å². The molecule has 0 spiro atoms. The summed E-state index contributed by atoms with van der Waals surface area (Å²) in [6, 6.07) is 59.0. The molecule has 0 aliphatic heterocycles. The first-order valence-corrected chi connectivity index (χ1v) is 16.2. The molecule has 46 heavy (non-hydrogen) atoms. The Morgan fingerprint density at radius 1 is 0.348 bits per heavy atom. The van der Waals surface area contributed by atoms with Crippen molar-refractivity contribution in [3.63, 3.8) is 0 Å². The molecule has 1 heterocycles. The van der Waals surface area contributed by atoms with Gasteiger partial charge < -0.3 is 4.42 Å². The van der Waals surface area contributed by atoms with Gasteiger partial charge >= 0.3 is 0 Å². The molecular weight excluding hydrogens is 575 g/mol. The van der Waals surface area contributed by atoms with Crippen LogP contribution >= 0.6 is 9.24 Å². The maximum atomic E-state index is 6.36. The van der Waals surface area contributed by atoms with Gasteiger partial charge in [0.2, 0.25) is 0 Å². The molecule has 216 valence electrons. The normalized spacial score (nSPS) is 11.6. The van der Waals surface area contributed by atoms with Crippen molar-refractivity contribution < 1.29 is 4.42 Å². The number of fused-ring (bicyclic) bond motifs is 6. The molecule has 0 saturated carbocycles. The number of hydrogen-bond donors (Lipinski definition) is 0. The first kappa shape index (κ1) is 26.9. The Morgan fingerprint density at radius 2 is 0.848 bits per heavy atom. The Balaban J connectivity index is 1.13. The Morgan fingerprint density at radius 3 is 1.61 bits per heavy atom. The summed E-state index contributed by atoms with van der Waals surface area (Å²) in [4.78, 5) is 0. The highest BCUT2D eigenvalue weighted by Gasteiger charge is 2.13. The molecule has 0 bridgehead atoms. The maximum Gasteiger partial charge on any atom is 0.143 e. The average molecular weight is 605 g/mol. The lowest BCUT2D eigenvalue weighted by Gasteiger charge is -2.12. The highest BCUT2D eigenvalue weighted by molar-refractivity contribution is 7.28. The zero-order valence-corrected chi connectivity index (χ0v) is 26.2. The van der Waals surface area contributed by atoms with Crippen LogP contribution in [0.3, 0.4) is 0 Å². The van der Waals surface area contributed by atoms with Crippen molar-refractivity contribution in [1.29, 1.82) is 0 Å². The molecule has 0 amide bonds. The monoisotopic (exact) mass is 604 g/mol. The molecule has 0 aliphatic carbocycles. The van der Waals surface area contributed by atoms with E-state index in [1.54, 1.807) is 0 Å². The van der Waals surface area contributed by atoms with Crippen LogP contribution in [-0.2, 0) is 0 Å². The zero-order valence-electron chi connectivity index (χ0n) is 25.1. The number of rotatable bonds is 4. The number of para-hydroxylation sites is 2. The summed E-state index contributed by atoms with van der Waals surface area (Å²) in [5.41, 5.74) is 11.4. The van der Waals surface area contributed by atoms with Crippen LogP contribution in [0.4, 0.5) is 0 Å². The third-order valence-corrected chi connectivity index (χ3v) is 9.72. The molecule has 8 aromatic carbocycles. The third-order valence-electron chi connectivity index (χ3n) is 9.22. The lowest BCUT2D eigenvalue weighted by atomic mass is 9.93. The second-order valence-corrected chi connectivity index (χ2v) is 12.6. The van der Waals surface area contributed by atoms with Gasteiger partial charge in [0.25, 0.3) is 0 Å². The van der Waals surface area contributed by atoms with Crippen LogP contribution in [0.1, 0.15) is 0 Å². The minimum Gasteiger partial charge on any atom is -0.455 e. The van der Waals surface area contributed by atoms with E-state index in [-0.39, 0.29) is 0 Å². The van der Waals surface area contributed by atoms with Gasteiger partial charge in [0.05, 0.1) is 0 Å². The van der Waals surface area contributed by atoms with E-state index in [4.69, 9.17) is 4.42 Å². The molecule has 1 nitrogen and oxygen atoms in total. The highest BCUT2D eigenvalue weighted by atomic mass is 31.0. The van der Waals surface area contributed by atoms with Gasteiger partial charge in [0, 0.05) is 16.3 Å². The highest BCUT2D eigenvalue weighted by Crippen LogP contribution is 2.38. The minimum atomic E-state index is 0.919. The van der Waals surface area contributed by atoms with Gasteiger partial charge in [-0.15, -0.1) is 9.24 Å². The number of benzene rings is 8. The van der Waals surface area contributed by atoms with Crippen molar-refractivity contribution in [2.45, 2.75) is 0 Å². The predicted octanol–water partition coefficient (Wildman–Crippen LogP) is 12.1. The van der Waals surface area contributed by atoms with E-state index < -0.39 is 0 Å². The summed E-state index contributed by atoms with van der Waals surface area (Å²) in [5, 5.41) is 8.54. The number of hydrogen-bond acceptors (Lipinski definition) is 1. The molecule has 2 heteroatoms. The summed E-state index contributed by atoms with van der Waals surface area (Å²) in [7, 11) is 2.88. The predicted molar refractivity (Wildman–Crippen MR) is 200 cm³/mol. The van der Waals surface area contributed by atoms with Crippen molar-refractivity contribution in [3.8, 4) is 44.5 Å². The summed E-state index contributed by atoms with van der Waals surface area (Å²) >= 11 is 0. The van der Waals surface area contributed by atoms with Gasteiger partial charge in [-0.1, -0.05) is 133 Å². The minimum absolute atomic E-state index is 0.919. The average Bonchev–Trinajstić information content (AvgIpc) is 3.50. The molecule has 1 aromatic heterocycles. The van der Waals surface area contributed by atoms with Gasteiger partial charge in [-0.2, -0.15) is 0 Å². The largest absolute Gasteiger partial charge is 0.455 e. The van der Waals surface area contributed by atoms with Gasteiger partial charge in [-0.25, -0.2) is 0 Å². The number of furan rings is 1. The van der Waals surface area contributed by atoms with E-state index in [0.717, 1.165) is 33.1 Å². The first-order valence-electron chi connectivity index (χ1n) is 15.6. The summed E-state index contributed by atoms with van der Waals surface area (Å²) in [6.45, 7) is 0. The van der Waals surface area contributed by atoms with Crippen LogP contribution in [0, 0.1) is 0 Å². The van der Waals surface area contributed by atoms with Crippen molar-refractivity contribution in [3.05, 3.63) is 164 Å². The van der Waals surface area contributed by atoms with Gasteiger partial charge in [-0.3, -0.25) is 0 Å². The van der Waals surface area contributed by atoms with E-state index in [1.165, 1.54) is 60.2 Å². The van der Waals surface area contributed by atoms with E-state index in [2.05, 4.69) is 161 Å². The van der Waals surface area contributed by atoms with Crippen molar-refractivity contribution in [2.24, 2.45) is 0 Å². The van der Waals surface area contributed by atoms with Crippen LogP contribution in [0.5, 0.6) is 0 Å². The molecule has 9 rings (SSSR count). The van der Waals surface area contributed by atoms with Crippen LogP contribution in [-0.4, -0.2) is 0 Å². The second kappa shape index (κ2) is 10.8. The molecular formula is C44H29OP. The smallest absolute Gasteiger partial charge is 0.143 e. The van der Waals surface area contributed by atoms with E-state index in [9.17, 15) is 0 Å². The Labute approximate surface area is 270 Å². The van der Waals surface area contributed by atoms with Gasteiger partial charge in [0.1, 0.15) is 11.2 Å². The lowest BCUT2D eigenvalue weighted by Crippen LogP contribution is -1.95. The molecule has 0 aliphatic rings. The van der Waals surface area contributed by atoms with Crippen LogP contribution in [0.15, 0.2) is 168 Å². The summed E-state index contributed by atoms with van der Waals surface area (Å²) in [6.07, 6.45) is 0. The molecule has 0 radical (unpaired) electrons. The van der Waals surface area contributed by atoms with Crippen LogP contribution in [0.2, 0.25) is 0 Å². The summed E-state index contributed by atoms with van der Waals surface area (Å²) < 4.78 is 6.36. The standard InChI is InChI=1S/C44H29OP/c46-43-17-4-2-12-36(43)35-23-21-29-19-18-28-20-22-33(26-40(28)41(29)27-35)31-9-5-8-30(24-31)32-10-6-11-34(25-32)37-14-7-15-39-38-13-1-3-16-42(38)45-44(37)39/h1-27H,46H2. The SMILES string of the molecule is Pc1ccccc1-c1ccc2ccc3ccc(-c4cccc(-c5cccc(-c6cccc7c6oc6ccccc67)c5)c4)cc3c2c1. The lowest BCUT2D eigenvalue weighted by molar-refractivity contribution is 0.670. The fraction of sp³-hybridized carbons (Fsp3) is 0. The van der Waals surface area contributed by atoms with Crippen molar-refractivity contribution in [2.75, 3.05) is 0 Å². The third kappa shape index (κ3) is 4.52. The molecule has 0 N–H and O–H groups in total. The fourth-order valence-corrected chi connectivity index (χ4v) is 7.25. The fourth-order valence-electron chi connectivity index (χ4n) is 6.88. The Kier molecular flexibility index (Phi) is 6.33. The first-order chi connectivity index (χ1) is 22.7. The van der Waals surface area contributed by atoms with E-state index in [1.807, 2.05) is 12.1 Å². The molecule has 9 aromatic rings. The van der Waals surface area contributed by atoms with E-state index in [0.29, 0.717) is 0 Å².